The van der Waals surface area contributed by atoms with Crippen molar-refractivity contribution in [2.45, 2.75) is 6.17 Å². The summed E-state index contributed by atoms with van der Waals surface area (Å²) in [5.74, 6) is 0. The van der Waals surface area contributed by atoms with E-state index in [-0.39, 0.29) is 0 Å². The Kier molecular flexibility index (Phi) is 2.25. The third-order valence-corrected chi connectivity index (χ3v) is 1.43. The molecule has 5 heteroatoms. The lowest BCUT2D eigenvalue weighted by Crippen LogP contribution is -2.39. The van der Waals surface area contributed by atoms with Crippen molar-refractivity contribution in [2.24, 2.45) is 5.73 Å². The van der Waals surface area contributed by atoms with E-state index in [0.717, 1.165) is 4.57 Å². The zero-order valence-corrected chi connectivity index (χ0v) is 6.36. The molecule has 0 aliphatic rings. The monoisotopic (exact) mass is 167 g/mol. The average molecular weight is 167 g/mol. The molecule has 0 saturated carbocycles. The minimum absolute atomic E-state index is 0.439. The molecule has 1 atom stereocenters. The lowest BCUT2D eigenvalue weighted by molar-refractivity contribution is 0.572. The number of nitrogens with one attached hydrogen (secondary N) is 1. The Bertz CT molecular complexity index is 362. The van der Waals surface area contributed by atoms with E-state index in [4.69, 9.17) is 5.73 Å². The molecule has 0 radical (unpaired) electrons. The molecule has 3 N–H and O–H groups in total. The summed E-state index contributed by atoms with van der Waals surface area (Å²) in [6, 6.07) is 1.23. The summed E-state index contributed by atoms with van der Waals surface area (Å²) < 4.78 is 0.882. The molecule has 0 aromatic carbocycles. The van der Waals surface area contributed by atoms with Crippen molar-refractivity contribution in [1.29, 1.82) is 0 Å². The Balaban J connectivity index is 3.41. The van der Waals surface area contributed by atoms with Gasteiger partial charge in [-0.3, -0.25) is 4.79 Å². The smallest absolute Gasteiger partial charge is 0.314 e. The number of aromatic amines is 1. The fraction of sp³-hybridized carbons (Fsp3) is 0.143. The number of aromatic nitrogens is 2. The number of nitrogens with two attached hydrogens (primary N) is 1. The second kappa shape index (κ2) is 3.19. The lowest BCUT2D eigenvalue weighted by Gasteiger charge is -2.06. The fourth-order valence-electron chi connectivity index (χ4n) is 0.822. The number of hydrogen-bond donors (Lipinski definition) is 2. The van der Waals surface area contributed by atoms with Crippen molar-refractivity contribution in [3.63, 3.8) is 0 Å². The van der Waals surface area contributed by atoms with Crippen LogP contribution >= 0.6 is 0 Å². The van der Waals surface area contributed by atoms with Crippen LogP contribution in [0.25, 0.3) is 0 Å². The molecule has 0 aliphatic heterocycles. The minimum Gasteiger partial charge on any atom is -0.314 e. The summed E-state index contributed by atoms with van der Waals surface area (Å²) in [6.07, 6.45) is 1.82. The average Bonchev–Trinajstić information content (AvgIpc) is 2.03. The van der Waals surface area contributed by atoms with Crippen LogP contribution in [0.15, 0.2) is 34.5 Å². The predicted molar refractivity (Wildman–Crippen MR) is 44.7 cm³/mol. The molecule has 0 bridgehead atoms. The zero-order valence-electron chi connectivity index (χ0n) is 6.36. The van der Waals surface area contributed by atoms with E-state index in [9.17, 15) is 9.59 Å². The van der Waals surface area contributed by atoms with Crippen molar-refractivity contribution in [2.75, 3.05) is 0 Å². The van der Waals surface area contributed by atoms with E-state index in [2.05, 4.69) is 11.6 Å². The van der Waals surface area contributed by atoms with Crippen molar-refractivity contribution in [3.05, 3.63) is 45.8 Å². The summed E-state index contributed by atoms with van der Waals surface area (Å²) in [5, 5.41) is 0. The van der Waals surface area contributed by atoms with E-state index in [1.807, 2.05) is 0 Å². The SMILES string of the molecule is C=CC(N)n1c(=O)cc[nH]c1=O. The molecule has 12 heavy (non-hydrogen) atoms. The van der Waals surface area contributed by atoms with Crippen molar-refractivity contribution in [1.82, 2.24) is 9.55 Å². The highest BCUT2D eigenvalue weighted by Gasteiger charge is 2.04. The van der Waals surface area contributed by atoms with Crippen LogP contribution in [0.2, 0.25) is 0 Å². The van der Waals surface area contributed by atoms with Crippen LogP contribution in [-0.4, -0.2) is 9.55 Å². The van der Waals surface area contributed by atoms with Gasteiger partial charge >= 0.3 is 5.69 Å². The summed E-state index contributed by atoms with van der Waals surface area (Å²) >= 11 is 0. The van der Waals surface area contributed by atoms with Gasteiger partial charge in [0.1, 0.15) is 6.17 Å². The van der Waals surface area contributed by atoms with Crippen LogP contribution < -0.4 is 17.0 Å². The molecule has 1 unspecified atom stereocenters. The van der Waals surface area contributed by atoms with Gasteiger partial charge in [-0.05, 0) is 0 Å². The second-order valence-electron chi connectivity index (χ2n) is 2.22. The first-order chi connectivity index (χ1) is 5.66. The van der Waals surface area contributed by atoms with Gasteiger partial charge in [0.25, 0.3) is 5.56 Å². The topological polar surface area (TPSA) is 80.9 Å². The molecular weight excluding hydrogens is 158 g/mol. The molecule has 5 nitrogen and oxygen atoms in total. The quantitative estimate of drug-likeness (QED) is 0.564. The molecule has 1 heterocycles. The summed E-state index contributed by atoms with van der Waals surface area (Å²) in [6.45, 7) is 3.38. The first kappa shape index (κ1) is 8.48. The van der Waals surface area contributed by atoms with E-state index < -0.39 is 17.4 Å². The highest BCUT2D eigenvalue weighted by atomic mass is 16.2. The molecule has 1 aromatic rings. The van der Waals surface area contributed by atoms with Gasteiger partial charge in [-0.2, -0.15) is 0 Å². The number of H-pyrrole nitrogens is 1. The van der Waals surface area contributed by atoms with Gasteiger partial charge in [0.15, 0.2) is 0 Å². The number of hydrogen-bond acceptors (Lipinski definition) is 3. The maximum Gasteiger partial charge on any atom is 0.329 e. The zero-order chi connectivity index (χ0) is 9.14. The maximum absolute atomic E-state index is 11.1. The Labute approximate surface area is 68.1 Å². The van der Waals surface area contributed by atoms with Crippen LogP contribution in [0.4, 0.5) is 0 Å². The van der Waals surface area contributed by atoms with Crippen LogP contribution in [-0.2, 0) is 0 Å². The molecule has 0 amide bonds. The van der Waals surface area contributed by atoms with Gasteiger partial charge in [-0.25, -0.2) is 9.36 Å². The van der Waals surface area contributed by atoms with Crippen molar-refractivity contribution in [3.8, 4) is 0 Å². The van der Waals surface area contributed by atoms with Crippen LogP contribution in [0, 0.1) is 0 Å². The standard InChI is InChI=1S/C7H9N3O2/c1-2-5(8)10-6(11)3-4-9-7(10)12/h2-5H,1,8H2,(H,9,12). The van der Waals surface area contributed by atoms with E-state index in [1.54, 1.807) is 0 Å². The highest BCUT2D eigenvalue weighted by Crippen LogP contribution is 1.87. The fourth-order valence-corrected chi connectivity index (χ4v) is 0.822. The van der Waals surface area contributed by atoms with Crippen molar-refractivity contribution < 1.29 is 0 Å². The lowest BCUT2D eigenvalue weighted by atomic mass is 10.5. The molecule has 0 aliphatic carbocycles. The number of nitrogens with zero attached hydrogens (tertiary/aromatic N) is 1. The van der Waals surface area contributed by atoms with Crippen LogP contribution in [0.1, 0.15) is 6.17 Å². The predicted octanol–water partition coefficient (Wildman–Crippen LogP) is -0.820. The third kappa shape index (κ3) is 1.35. The molecule has 0 fully saturated rings. The molecule has 1 rings (SSSR count). The van der Waals surface area contributed by atoms with Crippen LogP contribution in [0.5, 0.6) is 0 Å². The Morgan fingerprint density at radius 3 is 2.83 bits per heavy atom. The minimum atomic E-state index is -0.776. The Hall–Kier alpha value is -1.62. The maximum atomic E-state index is 11.1. The molecule has 64 valence electrons. The first-order valence-electron chi connectivity index (χ1n) is 3.35. The summed E-state index contributed by atoms with van der Waals surface area (Å²) in [4.78, 5) is 24.4. The molecule has 1 aromatic heterocycles. The van der Waals surface area contributed by atoms with E-state index in [0.29, 0.717) is 0 Å². The van der Waals surface area contributed by atoms with E-state index >= 15 is 0 Å². The second-order valence-corrected chi connectivity index (χ2v) is 2.22. The van der Waals surface area contributed by atoms with Crippen molar-refractivity contribution >= 4 is 0 Å². The summed E-state index contributed by atoms with van der Waals surface area (Å²) in [7, 11) is 0. The van der Waals surface area contributed by atoms with Gasteiger partial charge in [0.2, 0.25) is 0 Å². The van der Waals surface area contributed by atoms with Gasteiger partial charge in [-0.1, -0.05) is 12.7 Å². The highest BCUT2D eigenvalue weighted by molar-refractivity contribution is 4.89. The van der Waals surface area contributed by atoms with Crippen LogP contribution in [0.3, 0.4) is 0 Å². The normalized spacial score (nSPS) is 12.4. The summed E-state index contributed by atoms with van der Waals surface area (Å²) in [5.41, 5.74) is 4.45. The number of rotatable bonds is 2. The molecular formula is C7H9N3O2. The largest absolute Gasteiger partial charge is 0.329 e. The Morgan fingerprint density at radius 2 is 2.33 bits per heavy atom. The van der Waals surface area contributed by atoms with Gasteiger partial charge < -0.3 is 10.7 Å². The van der Waals surface area contributed by atoms with Gasteiger partial charge in [0, 0.05) is 12.3 Å². The Morgan fingerprint density at radius 1 is 1.67 bits per heavy atom. The third-order valence-electron chi connectivity index (χ3n) is 1.43. The molecule has 0 saturated heterocycles. The van der Waals surface area contributed by atoms with Gasteiger partial charge in [0.05, 0.1) is 0 Å². The van der Waals surface area contributed by atoms with E-state index in [1.165, 1.54) is 18.3 Å². The molecule has 0 spiro atoms. The first-order valence-corrected chi connectivity index (χ1v) is 3.35. The van der Waals surface area contributed by atoms with Gasteiger partial charge in [-0.15, -0.1) is 0 Å².